The number of rotatable bonds is 10. The van der Waals surface area contributed by atoms with E-state index in [4.69, 9.17) is 24.4 Å². The lowest BCUT2D eigenvalue weighted by atomic mass is 10.0. The molecule has 4 heterocycles. The highest BCUT2D eigenvalue weighted by atomic mass is 32.2. The van der Waals surface area contributed by atoms with Crippen molar-refractivity contribution in [2.24, 2.45) is 5.92 Å². The first-order valence-electron chi connectivity index (χ1n) is 21.0. The highest BCUT2D eigenvalue weighted by Gasteiger charge is 2.61. The van der Waals surface area contributed by atoms with Gasteiger partial charge in [0.25, 0.3) is 15.9 Å². The third-order valence-electron chi connectivity index (χ3n) is 12.1. The number of amides is 4. The highest BCUT2D eigenvalue weighted by molar-refractivity contribution is 7.90. The number of sulfonamides is 1. The molecule has 8 rings (SSSR count). The van der Waals surface area contributed by atoms with Crippen molar-refractivity contribution in [2.75, 3.05) is 20.8 Å². The van der Waals surface area contributed by atoms with Gasteiger partial charge in [-0.3, -0.25) is 14.4 Å². The van der Waals surface area contributed by atoms with Gasteiger partial charge in [-0.05, 0) is 99.9 Å². The number of carbonyl (C=O) groups is 4. The number of hydrogen-bond donors (Lipinski definition) is 3. The van der Waals surface area contributed by atoms with E-state index in [0.717, 1.165) is 44.1 Å². The quantitative estimate of drug-likeness (QED) is 0.176. The minimum Gasteiger partial charge on any atom is -0.497 e. The lowest BCUT2D eigenvalue weighted by Gasteiger charge is -2.30. The van der Waals surface area contributed by atoms with Gasteiger partial charge in [0, 0.05) is 36.0 Å². The second kappa shape index (κ2) is 18.3. The molecule has 2 saturated carbocycles. The molecule has 2 aliphatic heterocycles. The number of aromatic nitrogens is 4. The molecule has 2 aromatic carbocycles. The zero-order valence-electron chi connectivity index (χ0n) is 34.5. The number of fused-ring (bicyclic) bond motifs is 2. The number of thiazole rings is 1. The molecule has 2 aliphatic carbocycles. The van der Waals surface area contributed by atoms with E-state index < -0.39 is 63.4 Å². The Balaban J connectivity index is 1.12. The molecule has 4 aliphatic rings. The summed E-state index contributed by atoms with van der Waals surface area (Å²) in [5, 5.41) is 18.0. The van der Waals surface area contributed by atoms with E-state index in [1.807, 2.05) is 41.8 Å². The zero-order chi connectivity index (χ0) is 43.4. The Labute approximate surface area is 363 Å². The van der Waals surface area contributed by atoms with Crippen molar-refractivity contribution in [2.45, 2.75) is 105 Å². The standard InChI is InChI=1S/C43H50N8O9S2/c1-58-30-16-14-27(15-17-30)36-37(39-44-22-23-61-39)48-51(47-36)29-24-35-38(52)46-43(41(54)49-62(56,57)33-20-18-31(59-2)19-21-33)25-28(43)10-6-4-3-5-7-13-34(40(53)50(35)26-29)45-42(55)60-32-11-8-9-12-32/h6,10,14-23,28-29,32,34-35H,3-5,7-9,11-13,24-26H2,1-2H3,(H,45,55)(H,46,52)(H,49,54)/b10-6+/t28-,29-,34-,35+,43-/m1/s1. The fraction of sp³-hybridized carbons (Fsp3) is 0.465. The molecule has 4 aromatic rings. The number of allylic oxidation sites excluding steroid dienone is 1. The van der Waals surface area contributed by atoms with Gasteiger partial charge in [0.1, 0.15) is 51.6 Å². The van der Waals surface area contributed by atoms with Crippen molar-refractivity contribution < 1.29 is 41.8 Å². The van der Waals surface area contributed by atoms with Crippen LogP contribution in [0, 0.1) is 5.92 Å². The number of nitrogens with zero attached hydrogens (tertiary/aromatic N) is 5. The van der Waals surface area contributed by atoms with Crippen molar-refractivity contribution in [3.05, 3.63) is 72.3 Å². The van der Waals surface area contributed by atoms with E-state index in [9.17, 15) is 27.6 Å². The zero-order valence-corrected chi connectivity index (χ0v) is 36.2. The van der Waals surface area contributed by atoms with Crippen LogP contribution in [-0.2, 0) is 29.1 Å². The summed E-state index contributed by atoms with van der Waals surface area (Å²) < 4.78 is 45.5. The van der Waals surface area contributed by atoms with Crippen LogP contribution in [-0.4, -0.2) is 102 Å². The summed E-state index contributed by atoms with van der Waals surface area (Å²) in [6.45, 7) is -0.00477. The molecule has 3 N–H and O–H groups in total. The van der Waals surface area contributed by atoms with E-state index in [2.05, 4.69) is 20.3 Å². The van der Waals surface area contributed by atoms with Gasteiger partial charge in [-0.15, -0.1) is 16.4 Å². The van der Waals surface area contributed by atoms with Crippen LogP contribution < -0.4 is 24.8 Å². The maximum Gasteiger partial charge on any atom is 0.408 e. The first kappa shape index (κ1) is 42.9. The van der Waals surface area contributed by atoms with Gasteiger partial charge in [0.05, 0.1) is 25.2 Å². The van der Waals surface area contributed by atoms with Crippen molar-refractivity contribution in [1.29, 1.82) is 0 Å². The number of nitrogens with one attached hydrogen (secondary N) is 3. The lowest BCUT2D eigenvalue weighted by molar-refractivity contribution is -0.141. The molecule has 5 atom stereocenters. The molecule has 0 bridgehead atoms. The number of benzene rings is 2. The Kier molecular flexibility index (Phi) is 12.6. The van der Waals surface area contributed by atoms with E-state index in [0.29, 0.717) is 47.2 Å². The van der Waals surface area contributed by atoms with Crippen LogP contribution in [0.4, 0.5) is 4.79 Å². The predicted molar refractivity (Wildman–Crippen MR) is 227 cm³/mol. The molecule has 19 heteroatoms. The number of ether oxygens (including phenoxy) is 3. The van der Waals surface area contributed by atoms with Crippen LogP contribution in [0.15, 0.2) is 77.2 Å². The molecule has 4 amide bonds. The Hall–Kier alpha value is -5.82. The monoisotopic (exact) mass is 886 g/mol. The van der Waals surface area contributed by atoms with Crippen LogP contribution in [0.5, 0.6) is 11.5 Å². The number of alkyl carbamates (subject to hydrolysis) is 1. The summed E-state index contributed by atoms with van der Waals surface area (Å²) in [6, 6.07) is 10.2. The fourth-order valence-electron chi connectivity index (χ4n) is 8.54. The smallest absolute Gasteiger partial charge is 0.408 e. The topological polar surface area (TPSA) is 213 Å². The molecule has 3 fully saturated rings. The fourth-order valence-corrected chi connectivity index (χ4v) is 10.2. The first-order chi connectivity index (χ1) is 30.0. The number of hydrogen-bond acceptors (Lipinski definition) is 13. The van der Waals surface area contributed by atoms with Gasteiger partial charge in [-0.1, -0.05) is 25.0 Å². The molecule has 0 spiro atoms. The Morgan fingerprint density at radius 2 is 1.60 bits per heavy atom. The molecule has 1 saturated heterocycles. The SMILES string of the molecule is COc1ccc(-c2nn([C@@H]3C[C@H]4C(=O)N[C@]5(C(=O)NS(=O)(=O)c6ccc(OC)cc6)C[C@H]5/C=C/CCCCC[C@@H](NC(=O)OC5CCCC5)C(=O)N4C3)nc2-c2nccs2)cc1. The Morgan fingerprint density at radius 3 is 2.29 bits per heavy atom. The van der Waals surface area contributed by atoms with Crippen molar-refractivity contribution in [3.63, 3.8) is 0 Å². The summed E-state index contributed by atoms with van der Waals surface area (Å²) in [7, 11) is -1.32. The largest absolute Gasteiger partial charge is 0.497 e. The van der Waals surface area contributed by atoms with E-state index in [1.165, 1.54) is 52.4 Å². The molecule has 17 nitrogen and oxygen atoms in total. The van der Waals surface area contributed by atoms with Gasteiger partial charge in [-0.2, -0.15) is 9.90 Å². The van der Waals surface area contributed by atoms with E-state index in [-0.39, 0.29) is 30.4 Å². The highest BCUT2D eigenvalue weighted by Crippen LogP contribution is 2.46. The summed E-state index contributed by atoms with van der Waals surface area (Å²) >= 11 is 1.39. The molecular weight excluding hydrogens is 837 g/mol. The molecule has 2 aromatic heterocycles. The van der Waals surface area contributed by atoms with Crippen LogP contribution in [0.3, 0.4) is 0 Å². The third kappa shape index (κ3) is 9.18. The minimum atomic E-state index is -4.35. The molecule has 0 unspecified atom stereocenters. The third-order valence-corrected chi connectivity index (χ3v) is 14.2. The first-order valence-corrected chi connectivity index (χ1v) is 23.3. The van der Waals surface area contributed by atoms with Gasteiger partial charge < -0.3 is 29.7 Å². The maximum atomic E-state index is 14.8. The molecule has 62 heavy (non-hydrogen) atoms. The van der Waals surface area contributed by atoms with Gasteiger partial charge >= 0.3 is 6.09 Å². The molecule has 328 valence electrons. The van der Waals surface area contributed by atoms with Crippen LogP contribution in [0.2, 0.25) is 0 Å². The van der Waals surface area contributed by atoms with E-state index in [1.54, 1.807) is 13.3 Å². The van der Waals surface area contributed by atoms with Gasteiger partial charge in [-0.25, -0.2) is 22.9 Å². The summed E-state index contributed by atoms with van der Waals surface area (Å²) in [5.41, 5.74) is 0.186. The Morgan fingerprint density at radius 1 is 0.903 bits per heavy atom. The van der Waals surface area contributed by atoms with E-state index >= 15 is 0 Å². The number of methoxy groups -OCH3 is 2. The lowest BCUT2D eigenvalue weighted by Crippen LogP contribution is -2.58. The predicted octanol–water partition coefficient (Wildman–Crippen LogP) is 5.17. The minimum absolute atomic E-state index is 0.00477. The average Bonchev–Trinajstić information content (AvgIpc) is 3.93. The summed E-state index contributed by atoms with van der Waals surface area (Å²) in [4.78, 5) is 64.3. The second-order valence-corrected chi connectivity index (χ2v) is 18.7. The molecular formula is C43H50N8O9S2. The molecule has 0 radical (unpaired) electrons. The number of carbonyl (C=O) groups excluding carboxylic acids is 4. The Bertz CT molecular complexity index is 2400. The summed E-state index contributed by atoms with van der Waals surface area (Å²) in [5.74, 6) is -1.44. The van der Waals surface area contributed by atoms with Crippen LogP contribution >= 0.6 is 11.3 Å². The van der Waals surface area contributed by atoms with Crippen molar-refractivity contribution in [1.82, 2.24) is 40.2 Å². The maximum absolute atomic E-state index is 14.8. The van der Waals surface area contributed by atoms with Crippen LogP contribution in [0.1, 0.15) is 76.7 Å². The van der Waals surface area contributed by atoms with Gasteiger partial charge in [0.2, 0.25) is 11.8 Å². The van der Waals surface area contributed by atoms with Crippen LogP contribution in [0.25, 0.3) is 22.0 Å². The normalized spacial score (nSPS) is 25.0. The van der Waals surface area contributed by atoms with Crippen molar-refractivity contribution >= 4 is 45.2 Å². The van der Waals surface area contributed by atoms with Crippen molar-refractivity contribution in [3.8, 4) is 33.5 Å². The average molecular weight is 887 g/mol. The second-order valence-electron chi connectivity index (χ2n) is 16.1. The summed E-state index contributed by atoms with van der Waals surface area (Å²) in [6.07, 6.45) is 11.3. The van der Waals surface area contributed by atoms with Gasteiger partial charge in [0.15, 0.2) is 0 Å².